The number of rotatable bonds is 4. The normalized spacial score (nSPS) is 28.6. The van der Waals surface area contributed by atoms with Gasteiger partial charge in [-0.15, -0.1) is 0 Å². The molecule has 1 N–H and O–H groups in total. The average Bonchev–Trinajstić information content (AvgIpc) is 3.29. The number of anilines is 1. The van der Waals surface area contributed by atoms with Crippen molar-refractivity contribution in [2.75, 3.05) is 11.9 Å². The van der Waals surface area contributed by atoms with E-state index in [1.807, 2.05) is 31.2 Å². The predicted octanol–water partition coefficient (Wildman–Crippen LogP) is 5.35. The number of benzene rings is 1. The zero-order valence-electron chi connectivity index (χ0n) is 15.1. The molecule has 1 aromatic rings. The lowest BCUT2D eigenvalue weighted by atomic mass is 10.1. The number of para-hydroxylation sites is 2. The first-order valence-corrected chi connectivity index (χ1v) is 9.64. The molecule has 1 saturated carbocycles. The Labute approximate surface area is 151 Å². The quantitative estimate of drug-likeness (QED) is 0.751. The molecular formula is C22H29NO2. The van der Waals surface area contributed by atoms with Gasteiger partial charge in [-0.1, -0.05) is 36.4 Å². The second kappa shape index (κ2) is 8.89. The van der Waals surface area contributed by atoms with Gasteiger partial charge in [-0.25, -0.2) is 0 Å². The van der Waals surface area contributed by atoms with E-state index in [4.69, 9.17) is 4.74 Å². The Morgan fingerprint density at radius 1 is 1.00 bits per heavy atom. The maximum absolute atomic E-state index is 12.8. The first-order chi connectivity index (χ1) is 12.3. The monoisotopic (exact) mass is 339 g/mol. The number of carbonyl (C=O) groups is 1. The Morgan fingerprint density at radius 3 is 2.24 bits per heavy atom. The van der Waals surface area contributed by atoms with Crippen LogP contribution in [0.4, 0.5) is 5.69 Å². The molecule has 0 heterocycles. The third-order valence-electron chi connectivity index (χ3n) is 5.25. The molecule has 3 rings (SSSR count). The molecule has 0 bridgehead atoms. The van der Waals surface area contributed by atoms with Crippen molar-refractivity contribution in [2.24, 2.45) is 17.8 Å². The van der Waals surface area contributed by atoms with Crippen molar-refractivity contribution in [3.63, 3.8) is 0 Å². The Bertz CT molecular complexity index is 611. The van der Waals surface area contributed by atoms with Gasteiger partial charge in [-0.2, -0.15) is 0 Å². The summed E-state index contributed by atoms with van der Waals surface area (Å²) in [6.45, 7) is 2.55. The van der Waals surface area contributed by atoms with E-state index < -0.39 is 0 Å². The first-order valence-electron chi connectivity index (χ1n) is 9.64. The van der Waals surface area contributed by atoms with Crippen molar-refractivity contribution in [3.8, 4) is 5.75 Å². The minimum absolute atomic E-state index is 0.150. The van der Waals surface area contributed by atoms with Gasteiger partial charge >= 0.3 is 0 Å². The molecule has 0 radical (unpaired) electrons. The van der Waals surface area contributed by atoms with Crippen LogP contribution in [0.15, 0.2) is 48.6 Å². The van der Waals surface area contributed by atoms with Crippen molar-refractivity contribution in [2.45, 2.75) is 45.4 Å². The number of carbonyl (C=O) groups excluding carboxylic acids is 1. The Hall–Kier alpha value is -2.03. The first kappa shape index (κ1) is 17.8. The summed E-state index contributed by atoms with van der Waals surface area (Å²) >= 11 is 0. The second-order valence-electron chi connectivity index (χ2n) is 6.95. The van der Waals surface area contributed by atoms with E-state index in [1.54, 1.807) is 0 Å². The summed E-state index contributed by atoms with van der Waals surface area (Å²) in [7, 11) is 0. The third-order valence-corrected chi connectivity index (χ3v) is 5.25. The molecule has 1 aromatic carbocycles. The van der Waals surface area contributed by atoms with Crippen LogP contribution in [-0.2, 0) is 4.79 Å². The largest absolute Gasteiger partial charge is 0.492 e. The van der Waals surface area contributed by atoms with Crippen LogP contribution in [0, 0.1) is 17.8 Å². The van der Waals surface area contributed by atoms with Crippen molar-refractivity contribution in [3.05, 3.63) is 48.6 Å². The van der Waals surface area contributed by atoms with Gasteiger partial charge in [0.1, 0.15) is 5.75 Å². The minimum atomic E-state index is 0.150. The van der Waals surface area contributed by atoms with E-state index in [-0.39, 0.29) is 11.8 Å². The van der Waals surface area contributed by atoms with Crippen molar-refractivity contribution < 1.29 is 9.53 Å². The summed E-state index contributed by atoms with van der Waals surface area (Å²) < 4.78 is 5.62. The van der Waals surface area contributed by atoms with Crippen LogP contribution in [0.25, 0.3) is 0 Å². The Morgan fingerprint density at radius 2 is 1.60 bits per heavy atom. The summed E-state index contributed by atoms with van der Waals surface area (Å²) in [6.07, 6.45) is 15.8. The molecule has 1 unspecified atom stereocenters. The summed E-state index contributed by atoms with van der Waals surface area (Å²) in [5.74, 6) is 2.11. The van der Waals surface area contributed by atoms with E-state index in [9.17, 15) is 4.79 Å². The van der Waals surface area contributed by atoms with Crippen LogP contribution < -0.4 is 10.1 Å². The third kappa shape index (κ3) is 4.75. The van der Waals surface area contributed by atoms with Crippen LogP contribution in [0.2, 0.25) is 0 Å². The lowest BCUT2D eigenvalue weighted by Gasteiger charge is -2.11. The lowest BCUT2D eigenvalue weighted by molar-refractivity contribution is -0.117. The fourth-order valence-electron chi connectivity index (χ4n) is 3.93. The topological polar surface area (TPSA) is 38.3 Å². The zero-order valence-corrected chi connectivity index (χ0v) is 15.1. The van der Waals surface area contributed by atoms with Crippen molar-refractivity contribution in [1.82, 2.24) is 0 Å². The molecule has 3 heteroatoms. The highest BCUT2D eigenvalue weighted by Gasteiger charge is 2.52. The van der Waals surface area contributed by atoms with Crippen LogP contribution in [0.5, 0.6) is 5.75 Å². The molecule has 2 aliphatic rings. The number of ether oxygens (including phenoxy) is 1. The number of allylic oxidation sites excluding steroid dienone is 4. The number of hydrogen-bond donors (Lipinski definition) is 1. The Kier molecular flexibility index (Phi) is 6.32. The molecule has 0 aromatic heterocycles. The molecule has 0 spiro atoms. The molecule has 0 aliphatic heterocycles. The van der Waals surface area contributed by atoms with Gasteiger partial charge in [0.2, 0.25) is 5.91 Å². The molecule has 1 amide bonds. The van der Waals surface area contributed by atoms with Gasteiger partial charge in [0.25, 0.3) is 0 Å². The maximum Gasteiger partial charge on any atom is 0.228 e. The summed E-state index contributed by atoms with van der Waals surface area (Å²) in [5, 5.41) is 3.11. The average molecular weight is 339 g/mol. The molecule has 3 nitrogen and oxygen atoms in total. The highest BCUT2D eigenvalue weighted by Crippen LogP contribution is 2.52. The van der Waals surface area contributed by atoms with Gasteiger partial charge in [-0.3, -0.25) is 4.79 Å². The zero-order chi connectivity index (χ0) is 17.5. The number of nitrogens with one attached hydrogen (secondary N) is 1. The van der Waals surface area contributed by atoms with E-state index in [2.05, 4.69) is 29.6 Å². The minimum Gasteiger partial charge on any atom is -0.492 e. The van der Waals surface area contributed by atoms with E-state index in [0.29, 0.717) is 18.4 Å². The molecule has 0 saturated heterocycles. The molecule has 25 heavy (non-hydrogen) atoms. The molecule has 1 fully saturated rings. The van der Waals surface area contributed by atoms with Crippen LogP contribution in [0.3, 0.4) is 0 Å². The van der Waals surface area contributed by atoms with Crippen LogP contribution in [0.1, 0.15) is 45.4 Å². The van der Waals surface area contributed by atoms with Gasteiger partial charge in [0.15, 0.2) is 0 Å². The smallest absolute Gasteiger partial charge is 0.228 e. The maximum atomic E-state index is 12.8. The number of fused-ring (bicyclic) bond motifs is 1. The highest BCUT2D eigenvalue weighted by atomic mass is 16.5. The molecular weight excluding hydrogens is 310 g/mol. The summed E-state index contributed by atoms with van der Waals surface area (Å²) in [4.78, 5) is 12.8. The highest BCUT2D eigenvalue weighted by molar-refractivity contribution is 5.96. The molecule has 134 valence electrons. The SMILES string of the molecule is CCOc1ccccc1NC(=O)C1[C@H]2CC/C=C/CC/C=C\CC[C@@H]12. The fourth-order valence-corrected chi connectivity index (χ4v) is 3.93. The van der Waals surface area contributed by atoms with Crippen molar-refractivity contribution in [1.29, 1.82) is 0 Å². The number of hydrogen-bond acceptors (Lipinski definition) is 2. The summed E-state index contributed by atoms with van der Waals surface area (Å²) in [5.41, 5.74) is 0.788. The second-order valence-corrected chi connectivity index (χ2v) is 6.95. The van der Waals surface area contributed by atoms with Crippen molar-refractivity contribution >= 4 is 11.6 Å². The van der Waals surface area contributed by atoms with Crippen LogP contribution in [-0.4, -0.2) is 12.5 Å². The van der Waals surface area contributed by atoms with E-state index in [0.717, 1.165) is 50.0 Å². The van der Waals surface area contributed by atoms with E-state index >= 15 is 0 Å². The Balaban J connectivity index is 1.64. The fraction of sp³-hybridized carbons (Fsp3) is 0.500. The van der Waals surface area contributed by atoms with Crippen LogP contribution >= 0.6 is 0 Å². The van der Waals surface area contributed by atoms with E-state index in [1.165, 1.54) is 0 Å². The van der Waals surface area contributed by atoms with Gasteiger partial charge in [-0.05, 0) is 69.4 Å². The molecule has 3 atom stereocenters. The van der Waals surface area contributed by atoms with Gasteiger partial charge in [0.05, 0.1) is 12.3 Å². The van der Waals surface area contributed by atoms with Gasteiger partial charge < -0.3 is 10.1 Å². The van der Waals surface area contributed by atoms with Gasteiger partial charge in [0, 0.05) is 5.92 Å². The summed E-state index contributed by atoms with van der Waals surface area (Å²) in [6, 6.07) is 7.70. The molecule has 2 aliphatic carbocycles. The number of amides is 1. The standard InChI is InChI=1S/C22H29NO2/c1-2-25-20-16-12-11-15-19(20)23-22(24)21-17-13-9-7-5-3-4-6-8-10-14-18(17)21/h5-8,11-12,15-18,21H,2-4,9-10,13-14H2,1H3,(H,23,24)/b7-5-,8-6+/t17-,18+,21?/m1/s1. The predicted molar refractivity (Wildman–Crippen MR) is 103 cm³/mol. The lowest BCUT2D eigenvalue weighted by Crippen LogP contribution is -2.16.